The van der Waals surface area contributed by atoms with Crippen LogP contribution in [-0.2, 0) is 44.3 Å². The van der Waals surface area contributed by atoms with Gasteiger partial charge in [-0.2, -0.15) is 0 Å². The Labute approximate surface area is 235 Å². The standard InChI is InChI=1S/C23H20BrP.5CO.W/c1-14-12-15(2)21(16(3)13-14)22-18-9-5-7-11-20(18)25-23(22)17-8-4-6-10-19(17)24;5*1-2;/h4-13,25H,1-3H3;;;;;;. The van der Waals surface area contributed by atoms with E-state index in [1.165, 1.54) is 53.7 Å². The quantitative estimate of drug-likeness (QED) is 0.149. The second-order valence-corrected chi connectivity index (χ2v) is 8.82. The maximum absolute atomic E-state index is 7.50. The number of halogens is 1. The van der Waals surface area contributed by atoms with Crippen LogP contribution in [0.25, 0.3) is 32.5 Å². The van der Waals surface area contributed by atoms with Gasteiger partial charge in [-0.3, -0.25) is 0 Å². The van der Waals surface area contributed by atoms with E-state index in [2.05, 4.69) is 131 Å². The number of fused-ring (bicyclic) bond motifs is 1. The number of benzene rings is 3. The minimum absolute atomic E-state index is 0. The molecule has 36 heavy (non-hydrogen) atoms. The summed E-state index contributed by atoms with van der Waals surface area (Å²) in [7, 11) is 0.690. The normalized spacial score (nSPS) is 8.28. The third-order valence-electron chi connectivity index (χ3n) is 4.78. The van der Waals surface area contributed by atoms with Gasteiger partial charge in [0.05, 0.1) is 0 Å². The van der Waals surface area contributed by atoms with Crippen LogP contribution in [0.3, 0.4) is 0 Å². The number of rotatable bonds is 2. The Morgan fingerprint density at radius 1 is 0.639 bits per heavy atom. The van der Waals surface area contributed by atoms with Gasteiger partial charge >= 0.3 is 56.5 Å². The molecule has 0 aliphatic heterocycles. The zero-order valence-corrected chi connectivity index (χ0v) is 25.1. The molecule has 0 aliphatic carbocycles. The molecule has 1 unspecified atom stereocenters. The first-order chi connectivity index (χ1) is 17.1. The van der Waals surface area contributed by atoms with E-state index in [1.54, 1.807) is 0 Å². The molecule has 1 heterocycles. The molecule has 0 N–H and O–H groups in total. The summed E-state index contributed by atoms with van der Waals surface area (Å²) in [6.45, 7) is 29.2. The number of hydrogen-bond donors (Lipinski definition) is 0. The van der Waals surface area contributed by atoms with E-state index in [4.69, 9.17) is 23.3 Å². The van der Waals surface area contributed by atoms with Crippen molar-refractivity contribution in [1.29, 1.82) is 0 Å². The monoisotopic (exact) mass is 730 g/mol. The van der Waals surface area contributed by atoms with Crippen LogP contribution in [0.5, 0.6) is 0 Å². The molecular formula is C28H20BrO5PW. The molecule has 0 aliphatic rings. The molecular weight excluding hydrogens is 711 g/mol. The Hall–Kier alpha value is -2.43. The van der Waals surface area contributed by atoms with Crippen LogP contribution in [0, 0.1) is 54.0 Å². The van der Waals surface area contributed by atoms with Crippen LogP contribution in [-0.4, -0.2) is 0 Å². The van der Waals surface area contributed by atoms with Crippen molar-refractivity contribution in [1.82, 2.24) is 0 Å². The molecule has 0 saturated carbocycles. The largest absolute Gasteiger partial charge is 0 e. The summed E-state index contributed by atoms with van der Waals surface area (Å²) in [6, 6.07) is 22.1. The Kier molecular flexibility index (Phi) is 23.1. The molecule has 0 bridgehead atoms. The molecule has 3 aromatic carbocycles. The summed E-state index contributed by atoms with van der Waals surface area (Å²) >= 11 is 3.77. The molecule has 0 amide bonds. The van der Waals surface area contributed by atoms with Crippen molar-refractivity contribution >= 4 is 34.6 Å². The minimum Gasteiger partial charge on any atom is 0 e. The smallest absolute Gasteiger partial charge is 0 e. The van der Waals surface area contributed by atoms with Gasteiger partial charge in [0.25, 0.3) is 0 Å². The molecule has 180 valence electrons. The summed E-state index contributed by atoms with van der Waals surface area (Å²) in [6.07, 6.45) is 0. The van der Waals surface area contributed by atoms with Crippen LogP contribution in [0.2, 0.25) is 0 Å². The molecule has 1 aromatic heterocycles. The maximum atomic E-state index is 7.50. The van der Waals surface area contributed by atoms with Gasteiger partial charge in [0, 0.05) is 42.0 Å². The second kappa shape index (κ2) is 21.8. The average Bonchev–Trinajstić information content (AvgIpc) is 3.29. The Balaban J connectivity index is -0.000000889. The van der Waals surface area contributed by atoms with E-state index in [9.17, 15) is 0 Å². The maximum Gasteiger partial charge on any atom is 0 e. The third-order valence-corrected chi connectivity index (χ3v) is 6.94. The fourth-order valence-electron chi connectivity index (χ4n) is 3.84. The van der Waals surface area contributed by atoms with Crippen LogP contribution < -0.4 is 0 Å². The Bertz CT molecular complexity index is 1280. The second-order valence-electron chi connectivity index (χ2n) is 6.67. The summed E-state index contributed by atoms with van der Waals surface area (Å²) in [4.78, 5) is 0. The van der Waals surface area contributed by atoms with Gasteiger partial charge in [0.2, 0.25) is 0 Å². The van der Waals surface area contributed by atoms with Crippen molar-refractivity contribution in [2.24, 2.45) is 0 Å². The number of aryl methyl sites for hydroxylation is 3. The van der Waals surface area contributed by atoms with Crippen molar-refractivity contribution in [3.05, 3.63) is 115 Å². The van der Waals surface area contributed by atoms with Gasteiger partial charge in [0.1, 0.15) is 0 Å². The molecule has 5 nitrogen and oxygen atoms in total. The first kappa shape index (κ1) is 38.1. The van der Waals surface area contributed by atoms with Crippen LogP contribution in [0.1, 0.15) is 16.7 Å². The van der Waals surface area contributed by atoms with Gasteiger partial charge in [-0.25, -0.2) is 0 Å². The van der Waals surface area contributed by atoms with Crippen molar-refractivity contribution in [2.45, 2.75) is 20.8 Å². The van der Waals surface area contributed by atoms with Gasteiger partial charge in [0.15, 0.2) is 0 Å². The summed E-state index contributed by atoms with van der Waals surface area (Å²) in [5, 5.41) is 4.29. The fourth-order valence-corrected chi connectivity index (χ4v) is 6.04. The van der Waals surface area contributed by atoms with Crippen molar-refractivity contribution in [2.75, 3.05) is 0 Å². The first-order valence-electron chi connectivity index (χ1n) is 9.52. The van der Waals surface area contributed by atoms with E-state index in [-0.39, 0.29) is 21.1 Å². The Morgan fingerprint density at radius 2 is 1.08 bits per heavy atom. The van der Waals surface area contributed by atoms with Crippen molar-refractivity contribution < 1.29 is 44.3 Å². The van der Waals surface area contributed by atoms with E-state index in [0.717, 1.165) is 0 Å². The number of hydrogen-bond acceptors (Lipinski definition) is 0. The molecule has 8 heteroatoms. The third kappa shape index (κ3) is 9.55. The van der Waals surface area contributed by atoms with Crippen LogP contribution in [0.4, 0.5) is 0 Å². The predicted molar refractivity (Wildman–Crippen MR) is 136 cm³/mol. The molecule has 4 rings (SSSR count). The molecule has 1 atom stereocenters. The fraction of sp³-hybridized carbons (Fsp3) is 0.107. The molecule has 0 radical (unpaired) electrons. The van der Waals surface area contributed by atoms with Gasteiger partial charge in [-0.05, 0) is 54.0 Å². The molecule has 0 fully saturated rings. The summed E-state index contributed by atoms with van der Waals surface area (Å²) < 4.78 is 38.7. The van der Waals surface area contributed by atoms with Crippen molar-refractivity contribution in [3.63, 3.8) is 0 Å². The molecule has 0 spiro atoms. The summed E-state index contributed by atoms with van der Waals surface area (Å²) in [5.41, 5.74) is 8.17. The van der Waals surface area contributed by atoms with Gasteiger partial charge in [-0.15, -0.1) is 8.19 Å². The average molecular weight is 731 g/mol. The van der Waals surface area contributed by atoms with E-state index < -0.39 is 0 Å². The van der Waals surface area contributed by atoms with Crippen LogP contribution in [0.15, 0.2) is 65.1 Å². The topological polar surface area (TPSA) is 99.5 Å². The zero-order valence-electron chi connectivity index (χ0n) is 19.6. The molecule has 0 saturated heterocycles. The molecule has 4 aromatic rings. The Morgan fingerprint density at radius 3 is 1.58 bits per heavy atom. The zero-order chi connectivity index (χ0) is 27.6. The van der Waals surface area contributed by atoms with E-state index in [0.29, 0.717) is 8.19 Å². The van der Waals surface area contributed by atoms with Gasteiger partial charge in [-0.1, -0.05) is 76.1 Å². The predicted octanol–water partition coefficient (Wildman–Crippen LogP) is 7.70. The van der Waals surface area contributed by atoms with Crippen molar-refractivity contribution in [3.8, 4) is 22.0 Å². The van der Waals surface area contributed by atoms with Gasteiger partial charge < -0.3 is 0 Å². The SMILES string of the molecule is Cc1cc(C)c(-c2c(-c3ccccc3Br)[pH]c3ccccc23)c(C)c1.[C-]#[O+].[C-]#[O+].[C-]#[O+].[C-]#[O+].[C-]#[O+].[W]. The van der Waals surface area contributed by atoms with E-state index >= 15 is 0 Å². The minimum atomic E-state index is 0. The van der Waals surface area contributed by atoms with E-state index in [1.807, 2.05) is 0 Å². The summed E-state index contributed by atoms with van der Waals surface area (Å²) in [5.74, 6) is 0. The first-order valence-corrected chi connectivity index (χ1v) is 11.3. The van der Waals surface area contributed by atoms with Crippen LogP contribution >= 0.6 is 24.1 Å².